The molecule has 0 bridgehead atoms. The lowest BCUT2D eigenvalue weighted by molar-refractivity contribution is 0.271. The van der Waals surface area contributed by atoms with E-state index < -0.39 is 0 Å². The van der Waals surface area contributed by atoms with Crippen LogP contribution in [0.25, 0.3) is 0 Å². The highest BCUT2D eigenvalue weighted by Gasteiger charge is 2.07. The zero-order valence-electron chi connectivity index (χ0n) is 12.5. The number of rotatable bonds is 5. The molecular formula is C19H22N2. The van der Waals surface area contributed by atoms with E-state index in [9.17, 15) is 0 Å². The molecule has 0 unspecified atom stereocenters. The first-order chi connectivity index (χ1) is 10.3. The maximum Gasteiger partial charge on any atom is 0.0555 e. The normalized spacial score (nSPS) is 10.2. The van der Waals surface area contributed by atoms with Crippen molar-refractivity contribution < 1.29 is 0 Å². The van der Waals surface area contributed by atoms with Gasteiger partial charge in [-0.1, -0.05) is 67.3 Å². The summed E-state index contributed by atoms with van der Waals surface area (Å²) in [6.45, 7) is 5.46. The summed E-state index contributed by atoms with van der Waals surface area (Å²) in [7, 11) is 0. The molecule has 0 saturated heterocycles. The van der Waals surface area contributed by atoms with Gasteiger partial charge < -0.3 is 5.73 Å². The minimum Gasteiger partial charge on any atom is -0.320 e. The molecular weight excluding hydrogens is 256 g/mol. The van der Waals surface area contributed by atoms with Gasteiger partial charge in [-0.05, 0) is 23.7 Å². The van der Waals surface area contributed by atoms with Gasteiger partial charge in [0.15, 0.2) is 0 Å². The predicted octanol–water partition coefficient (Wildman–Crippen LogP) is 3.02. The Kier molecular flexibility index (Phi) is 6.02. The molecule has 0 spiro atoms. The topological polar surface area (TPSA) is 29.3 Å². The first-order valence-electron chi connectivity index (χ1n) is 7.36. The van der Waals surface area contributed by atoms with Crippen molar-refractivity contribution in [3.8, 4) is 11.8 Å². The Hall–Kier alpha value is -2.08. The van der Waals surface area contributed by atoms with Gasteiger partial charge in [0.2, 0.25) is 0 Å². The molecule has 0 heterocycles. The first kappa shape index (κ1) is 15.3. The van der Waals surface area contributed by atoms with E-state index in [2.05, 4.69) is 72.2 Å². The SMILES string of the molecule is CCN(Cc1ccccc1)Cc1ccccc1C#CCN. The van der Waals surface area contributed by atoms with Crippen LogP contribution in [0.2, 0.25) is 0 Å². The van der Waals surface area contributed by atoms with Crippen molar-refractivity contribution in [3.05, 3.63) is 71.3 Å². The molecule has 2 aromatic carbocycles. The van der Waals surface area contributed by atoms with E-state index in [1.165, 1.54) is 11.1 Å². The molecule has 0 fully saturated rings. The third-order valence-electron chi connectivity index (χ3n) is 3.43. The third kappa shape index (κ3) is 4.75. The molecule has 0 aliphatic heterocycles. The molecule has 0 amide bonds. The summed E-state index contributed by atoms with van der Waals surface area (Å²) in [4.78, 5) is 2.41. The molecule has 2 heteroatoms. The highest BCUT2D eigenvalue weighted by atomic mass is 15.1. The fraction of sp³-hybridized carbons (Fsp3) is 0.263. The smallest absolute Gasteiger partial charge is 0.0555 e. The fourth-order valence-electron chi connectivity index (χ4n) is 2.29. The summed E-state index contributed by atoms with van der Waals surface area (Å²) in [5.74, 6) is 6.11. The van der Waals surface area contributed by atoms with Gasteiger partial charge in [0.1, 0.15) is 0 Å². The molecule has 0 atom stereocenters. The zero-order valence-corrected chi connectivity index (χ0v) is 12.5. The van der Waals surface area contributed by atoms with E-state index in [1.807, 2.05) is 6.07 Å². The molecule has 108 valence electrons. The van der Waals surface area contributed by atoms with E-state index in [0.29, 0.717) is 6.54 Å². The second-order valence-corrected chi connectivity index (χ2v) is 4.95. The Balaban J connectivity index is 2.11. The van der Waals surface area contributed by atoms with Gasteiger partial charge in [-0.15, -0.1) is 0 Å². The second-order valence-electron chi connectivity index (χ2n) is 4.95. The highest BCUT2D eigenvalue weighted by Crippen LogP contribution is 2.13. The first-order valence-corrected chi connectivity index (χ1v) is 7.36. The van der Waals surface area contributed by atoms with Crippen molar-refractivity contribution in [2.24, 2.45) is 5.73 Å². The van der Waals surface area contributed by atoms with Gasteiger partial charge in [0.05, 0.1) is 6.54 Å². The Morgan fingerprint density at radius 1 is 0.952 bits per heavy atom. The minimum absolute atomic E-state index is 0.399. The van der Waals surface area contributed by atoms with E-state index in [-0.39, 0.29) is 0 Å². The van der Waals surface area contributed by atoms with Gasteiger partial charge in [0.25, 0.3) is 0 Å². The summed E-state index contributed by atoms with van der Waals surface area (Å²) < 4.78 is 0. The van der Waals surface area contributed by atoms with Crippen LogP contribution >= 0.6 is 0 Å². The van der Waals surface area contributed by atoms with Crippen molar-refractivity contribution in [2.45, 2.75) is 20.0 Å². The number of nitrogens with zero attached hydrogens (tertiary/aromatic N) is 1. The molecule has 0 saturated carbocycles. The summed E-state index contributed by atoms with van der Waals surface area (Å²) in [5, 5.41) is 0. The van der Waals surface area contributed by atoms with Crippen LogP contribution in [0.5, 0.6) is 0 Å². The van der Waals surface area contributed by atoms with Gasteiger partial charge in [-0.2, -0.15) is 0 Å². The van der Waals surface area contributed by atoms with Gasteiger partial charge in [-0.3, -0.25) is 4.90 Å². The maximum atomic E-state index is 5.47. The highest BCUT2D eigenvalue weighted by molar-refractivity contribution is 5.41. The molecule has 0 aromatic heterocycles. The standard InChI is InChI=1S/C19H22N2/c1-2-21(15-17-9-4-3-5-10-17)16-19-12-7-6-11-18(19)13-8-14-20/h3-7,9-12H,2,14-16,20H2,1H3. The molecule has 0 radical (unpaired) electrons. The van der Waals surface area contributed by atoms with Crippen molar-refractivity contribution >= 4 is 0 Å². The van der Waals surface area contributed by atoms with E-state index >= 15 is 0 Å². The lowest BCUT2D eigenvalue weighted by Gasteiger charge is -2.21. The molecule has 2 N–H and O–H groups in total. The maximum absolute atomic E-state index is 5.47. The molecule has 2 nitrogen and oxygen atoms in total. The van der Waals surface area contributed by atoms with Crippen molar-refractivity contribution in [2.75, 3.05) is 13.1 Å². The number of hydrogen-bond donors (Lipinski definition) is 1. The number of benzene rings is 2. The van der Waals surface area contributed by atoms with Crippen LogP contribution in [-0.2, 0) is 13.1 Å². The van der Waals surface area contributed by atoms with Crippen molar-refractivity contribution in [1.82, 2.24) is 4.90 Å². The summed E-state index contributed by atoms with van der Waals surface area (Å²) in [6.07, 6.45) is 0. The largest absolute Gasteiger partial charge is 0.320 e. The van der Waals surface area contributed by atoms with Crippen LogP contribution < -0.4 is 5.73 Å². The molecule has 0 aliphatic rings. The van der Waals surface area contributed by atoms with E-state index in [0.717, 1.165) is 25.2 Å². The molecule has 21 heavy (non-hydrogen) atoms. The van der Waals surface area contributed by atoms with Crippen LogP contribution in [-0.4, -0.2) is 18.0 Å². The second kappa shape index (κ2) is 8.26. The zero-order chi connectivity index (χ0) is 14.9. The van der Waals surface area contributed by atoms with Gasteiger partial charge in [0, 0.05) is 18.7 Å². The van der Waals surface area contributed by atoms with Crippen LogP contribution in [0.15, 0.2) is 54.6 Å². The average molecular weight is 278 g/mol. The van der Waals surface area contributed by atoms with E-state index in [4.69, 9.17) is 5.73 Å². The van der Waals surface area contributed by atoms with Crippen LogP contribution in [0, 0.1) is 11.8 Å². The number of hydrogen-bond acceptors (Lipinski definition) is 2. The third-order valence-corrected chi connectivity index (χ3v) is 3.43. The van der Waals surface area contributed by atoms with Gasteiger partial charge in [-0.25, -0.2) is 0 Å². The quantitative estimate of drug-likeness (QED) is 0.852. The lowest BCUT2D eigenvalue weighted by atomic mass is 10.1. The minimum atomic E-state index is 0.399. The summed E-state index contributed by atoms with van der Waals surface area (Å²) in [6, 6.07) is 18.9. The Bertz CT molecular complexity index is 608. The monoisotopic (exact) mass is 278 g/mol. The molecule has 2 aromatic rings. The average Bonchev–Trinajstić information content (AvgIpc) is 2.54. The van der Waals surface area contributed by atoms with Crippen molar-refractivity contribution in [1.29, 1.82) is 0 Å². The fourth-order valence-corrected chi connectivity index (χ4v) is 2.29. The number of nitrogens with two attached hydrogens (primary N) is 1. The van der Waals surface area contributed by atoms with Crippen LogP contribution in [0.4, 0.5) is 0 Å². The Labute approximate surface area is 127 Å². The predicted molar refractivity (Wildman–Crippen MR) is 88.6 cm³/mol. The van der Waals surface area contributed by atoms with Gasteiger partial charge >= 0.3 is 0 Å². The van der Waals surface area contributed by atoms with Crippen LogP contribution in [0.1, 0.15) is 23.6 Å². The van der Waals surface area contributed by atoms with Crippen LogP contribution in [0.3, 0.4) is 0 Å². The van der Waals surface area contributed by atoms with E-state index in [1.54, 1.807) is 0 Å². The summed E-state index contributed by atoms with van der Waals surface area (Å²) in [5.41, 5.74) is 9.15. The molecule has 2 rings (SSSR count). The Morgan fingerprint density at radius 2 is 1.67 bits per heavy atom. The Morgan fingerprint density at radius 3 is 2.38 bits per heavy atom. The lowest BCUT2D eigenvalue weighted by Crippen LogP contribution is -2.22. The summed E-state index contributed by atoms with van der Waals surface area (Å²) >= 11 is 0. The van der Waals surface area contributed by atoms with Crippen molar-refractivity contribution in [3.63, 3.8) is 0 Å². The molecule has 0 aliphatic carbocycles.